The van der Waals surface area contributed by atoms with Crippen molar-refractivity contribution in [1.82, 2.24) is 0 Å². The second-order valence-corrected chi connectivity index (χ2v) is 3.36. The molecule has 0 aliphatic heterocycles. The van der Waals surface area contributed by atoms with Gasteiger partial charge in [-0.2, -0.15) is 0 Å². The summed E-state index contributed by atoms with van der Waals surface area (Å²) < 4.78 is 4.45. The first-order chi connectivity index (χ1) is 6.61. The van der Waals surface area contributed by atoms with E-state index in [1.54, 1.807) is 0 Å². The molecule has 0 aliphatic rings. The molecule has 0 bridgehead atoms. The number of benzene rings is 1. The van der Waals surface area contributed by atoms with Gasteiger partial charge in [0.2, 0.25) is 0 Å². The molecule has 76 valence electrons. The summed E-state index contributed by atoms with van der Waals surface area (Å²) in [5.41, 5.74) is 0.101. The van der Waals surface area contributed by atoms with E-state index in [4.69, 9.17) is 16.7 Å². The van der Waals surface area contributed by atoms with E-state index in [-0.39, 0.29) is 5.92 Å². The summed E-state index contributed by atoms with van der Waals surface area (Å²) in [6, 6.07) is 9.39. The van der Waals surface area contributed by atoms with Crippen LogP contribution in [0, 0.1) is 0 Å². The maximum absolute atomic E-state index is 10.2. The molecule has 14 heavy (non-hydrogen) atoms. The molecule has 0 saturated carbocycles. The summed E-state index contributed by atoms with van der Waals surface area (Å²) in [5.74, 6) is -0.158. The number of alkyl halides is 1. The fourth-order valence-electron chi connectivity index (χ4n) is 1.11. The highest BCUT2D eigenvalue weighted by molar-refractivity contribution is 6.20. The van der Waals surface area contributed by atoms with Crippen molar-refractivity contribution in [2.24, 2.45) is 0 Å². The van der Waals surface area contributed by atoms with Crippen LogP contribution in [0.5, 0.6) is 0 Å². The third-order valence-electron chi connectivity index (χ3n) is 1.93. The lowest BCUT2D eigenvalue weighted by Crippen LogP contribution is -2.17. The van der Waals surface area contributed by atoms with Crippen LogP contribution in [0.25, 0.3) is 0 Å². The highest BCUT2D eigenvalue weighted by atomic mass is 35.5. The zero-order chi connectivity index (χ0) is 10.6. The lowest BCUT2D eigenvalue weighted by molar-refractivity contribution is 0.0731. The van der Waals surface area contributed by atoms with Gasteiger partial charge in [-0.1, -0.05) is 48.9 Å². The van der Waals surface area contributed by atoms with E-state index in [1.165, 1.54) is 0 Å². The lowest BCUT2D eigenvalue weighted by atomic mass is 10.0. The van der Waals surface area contributed by atoms with Crippen LogP contribution in [0.3, 0.4) is 0 Å². The minimum Gasteiger partial charge on any atom is -0.450 e. The molecular weight excluding hydrogens is 204 g/mol. The van der Waals surface area contributed by atoms with Gasteiger partial charge < -0.3 is 9.84 Å². The summed E-state index contributed by atoms with van der Waals surface area (Å²) >= 11 is 5.76. The average Bonchev–Trinajstić information content (AvgIpc) is 2.17. The van der Waals surface area contributed by atoms with E-state index in [1.807, 2.05) is 37.3 Å². The molecule has 1 aromatic carbocycles. The molecular formula is C10H11ClO3. The van der Waals surface area contributed by atoms with Crippen molar-refractivity contribution in [2.75, 3.05) is 0 Å². The number of hydrogen-bond acceptors (Lipinski definition) is 2. The zero-order valence-corrected chi connectivity index (χ0v) is 8.44. The minimum atomic E-state index is -1.35. The molecule has 0 heterocycles. The van der Waals surface area contributed by atoms with Crippen LogP contribution in [0.1, 0.15) is 18.4 Å². The summed E-state index contributed by atoms with van der Waals surface area (Å²) in [6.07, 6.45) is -1.35. The second kappa shape index (κ2) is 4.86. The maximum Gasteiger partial charge on any atom is 0.507 e. The maximum atomic E-state index is 10.2. The predicted molar refractivity (Wildman–Crippen MR) is 53.6 cm³/mol. The molecule has 1 unspecified atom stereocenters. The van der Waals surface area contributed by atoms with Gasteiger partial charge >= 0.3 is 6.16 Å². The minimum absolute atomic E-state index is 0.158. The highest BCUT2D eigenvalue weighted by Crippen LogP contribution is 2.23. The van der Waals surface area contributed by atoms with Gasteiger partial charge in [0.15, 0.2) is 5.56 Å². The number of ether oxygens (including phenoxy) is 1. The quantitative estimate of drug-likeness (QED) is 0.621. The molecule has 0 spiro atoms. The Labute approximate surface area is 87.3 Å². The Morgan fingerprint density at radius 3 is 2.50 bits per heavy atom. The molecule has 0 radical (unpaired) electrons. The van der Waals surface area contributed by atoms with Crippen molar-refractivity contribution in [1.29, 1.82) is 0 Å². The van der Waals surface area contributed by atoms with Crippen molar-refractivity contribution in [3.8, 4) is 0 Å². The molecule has 4 heteroatoms. The third-order valence-corrected chi connectivity index (χ3v) is 2.40. The zero-order valence-electron chi connectivity index (χ0n) is 7.68. The van der Waals surface area contributed by atoms with Gasteiger partial charge in [0.25, 0.3) is 0 Å². The Morgan fingerprint density at radius 2 is 2.00 bits per heavy atom. The predicted octanol–water partition coefficient (Wildman–Crippen LogP) is 3.05. The second-order valence-electron chi connectivity index (χ2n) is 2.93. The van der Waals surface area contributed by atoms with Crippen molar-refractivity contribution < 1.29 is 14.6 Å². The molecule has 0 amide bonds. The van der Waals surface area contributed by atoms with Crippen LogP contribution in [0.4, 0.5) is 4.79 Å². The molecule has 2 atom stereocenters. The largest absolute Gasteiger partial charge is 0.507 e. The number of rotatable bonds is 3. The summed E-state index contributed by atoms with van der Waals surface area (Å²) in [7, 11) is 0. The van der Waals surface area contributed by atoms with Crippen LogP contribution < -0.4 is 0 Å². The Hall–Kier alpha value is -1.22. The Kier molecular flexibility index (Phi) is 3.77. The van der Waals surface area contributed by atoms with Crippen LogP contribution in [-0.2, 0) is 4.74 Å². The van der Waals surface area contributed by atoms with E-state index in [0.717, 1.165) is 5.56 Å². The third kappa shape index (κ3) is 2.92. The van der Waals surface area contributed by atoms with E-state index in [9.17, 15) is 4.79 Å². The fourth-order valence-corrected chi connectivity index (χ4v) is 1.33. The molecule has 3 nitrogen and oxygen atoms in total. The van der Waals surface area contributed by atoms with Gasteiger partial charge in [0.1, 0.15) is 0 Å². The van der Waals surface area contributed by atoms with Crippen molar-refractivity contribution in [2.45, 2.75) is 18.4 Å². The number of carbonyl (C=O) groups is 1. The van der Waals surface area contributed by atoms with Crippen LogP contribution in [0.2, 0.25) is 0 Å². The van der Waals surface area contributed by atoms with Crippen LogP contribution in [0.15, 0.2) is 30.3 Å². The Bertz CT molecular complexity index is 299. The first-order valence-electron chi connectivity index (χ1n) is 4.20. The molecule has 0 aliphatic carbocycles. The summed E-state index contributed by atoms with van der Waals surface area (Å²) in [5, 5.41) is 8.37. The van der Waals surface area contributed by atoms with Gasteiger partial charge in [0, 0.05) is 5.92 Å². The Morgan fingerprint density at radius 1 is 1.43 bits per heavy atom. The first-order valence-corrected chi connectivity index (χ1v) is 4.63. The van der Waals surface area contributed by atoms with E-state index in [2.05, 4.69) is 4.74 Å². The lowest BCUT2D eigenvalue weighted by Gasteiger charge is -2.16. The Balaban J connectivity index is 2.65. The van der Waals surface area contributed by atoms with Gasteiger partial charge in [-0.3, -0.25) is 0 Å². The van der Waals surface area contributed by atoms with Crippen molar-refractivity contribution in [3.63, 3.8) is 0 Å². The van der Waals surface area contributed by atoms with E-state index >= 15 is 0 Å². The van der Waals surface area contributed by atoms with Gasteiger partial charge in [-0.05, 0) is 5.56 Å². The highest BCUT2D eigenvalue weighted by Gasteiger charge is 2.19. The number of halogens is 1. The van der Waals surface area contributed by atoms with Crippen molar-refractivity contribution in [3.05, 3.63) is 35.9 Å². The SMILES string of the molecule is CC(c1ccccc1)[C@H](Cl)OC(=O)O. The summed E-state index contributed by atoms with van der Waals surface area (Å²) in [4.78, 5) is 10.2. The molecule has 1 N–H and O–H groups in total. The van der Waals surface area contributed by atoms with E-state index in [0.29, 0.717) is 0 Å². The average molecular weight is 215 g/mol. The molecule has 0 saturated heterocycles. The number of carboxylic acid groups (broad SMARTS) is 1. The molecule has 1 aromatic rings. The first kappa shape index (κ1) is 10.9. The van der Waals surface area contributed by atoms with Crippen molar-refractivity contribution >= 4 is 17.8 Å². The fraction of sp³-hybridized carbons (Fsp3) is 0.300. The van der Waals surface area contributed by atoms with E-state index < -0.39 is 11.7 Å². The van der Waals surface area contributed by atoms with Crippen LogP contribution in [-0.4, -0.2) is 16.8 Å². The summed E-state index contributed by atoms with van der Waals surface area (Å²) in [6.45, 7) is 1.82. The van der Waals surface area contributed by atoms with Crippen LogP contribution >= 0.6 is 11.6 Å². The molecule has 0 fully saturated rings. The monoisotopic (exact) mass is 214 g/mol. The standard InChI is InChI=1S/C10H11ClO3/c1-7(9(11)14-10(12)13)8-5-3-2-4-6-8/h2-7,9H,1H3,(H,12,13)/t7?,9-/m1/s1. The molecule has 1 rings (SSSR count). The molecule has 0 aromatic heterocycles. The van der Waals surface area contributed by atoms with Gasteiger partial charge in [0.05, 0.1) is 0 Å². The normalized spacial score (nSPS) is 14.4. The topological polar surface area (TPSA) is 46.5 Å². The van der Waals surface area contributed by atoms with Gasteiger partial charge in [-0.15, -0.1) is 0 Å². The smallest absolute Gasteiger partial charge is 0.450 e. The van der Waals surface area contributed by atoms with Gasteiger partial charge in [-0.25, -0.2) is 4.79 Å². The number of hydrogen-bond donors (Lipinski definition) is 1.